The Morgan fingerprint density at radius 3 is 1.63 bits per heavy atom. The van der Waals surface area contributed by atoms with Crippen LogP contribution in [0.3, 0.4) is 0 Å². The maximum absolute atomic E-state index is 5.00. The minimum Gasteiger partial charge on any atom is -0.501 e. The summed E-state index contributed by atoms with van der Waals surface area (Å²) >= 11 is 0. The maximum Gasteiger partial charge on any atom is 0.0958 e. The molecule has 108 valence electrons. The first-order valence-electron chi connectivity index (χ1n) is 6.58. The van der Waals surface area contributed by atoms with Crippen LogP contribution in [-0.4, -0.2) is 7.11 Å². The molecule has 0 aromatic heterocycles. The summed E-state index contributed by atoms with van der Waals surface area (Å²) in [4.78, 5) is 0. The van der Waals surface area contributed by atoms with Gasteiger partial charge in [0.2, 0.25) is 0 Å². The number of hydrogen-bond donors (Lipinski definition) is 0. The number of rotatable bonds is 1. The molecule has 0 aromatic carbocycles. The van der Waals surface area contributed by atoms with Gasteiger partial charge in [-0.2, -0.15) is 0 Å². The molecule has 0 fully saturated rings. The third-order valence-corrected chi connectivity index (χ3v) is 4.05. The van der Waals surface area contributed by atoms with Gasteiger partial charge >= 0.3 is 0 Å². The van der Waals surface area contributed by atoms with Gasteiger partial charge in [0.15, 0.2) is 0 Å². The van der Waals surface area contributed by atoms with E-state index in [-0.39, 0.29) is 20.1 Å². The van der Waals surface area contributed by atoms with E-state index in [0.717, 1.165) is 18.6 Å². The van der Waals surface area contributed by atoms with E-state index >= 15 is 0 Å². The molecule has 0 saturated heterocycles. The van der Waals surface area contributed by atoms with Gasteiger partial charge < -0.3 is 4.74 Å². The molecule has 2 rings (SSSR count). The normalized spacial score (nSPS) is 18.7. The summed E-state index contributed by atoms with van der Waals surface area (Å²) in [6.45, 7) is 11.0. The van der Waals surface area contributed by atoms with E-state index in [9.17, 15) is 0 Å². The molecule has 0 amide bonds. The molecule has 0 spiro atoms. The third-order valence-electron chi connectivity index (χ3n) is 4.05. The van der Waals surface area contributed by atoms with Crippen molar-refractivity contribution < 1.29 is 24.8 Å². The molecule has 0 heterocycles. The fraction of sp³-hybridized carbons (Fsp3) is 0.471. The summed E-state index contributed by atoms with van der Waals surface area (Å²) in [5, 5.41) is 0. The van der Waals surface area contributed by atoms with Crippen LogP contribution in [0.15, 0.2) is 46.3 Å². The molecule has 2 radical (unpaired) electrons. The second-order valence-corrected chi connectivity index (χ2v) is 4.93. The van der Waals surface area contributed by atoms with Gasteiger partial charge in [0.1, 0.15) is 0 Å². The zero-order valence-corrected chi connectivity index (χ0v) is 15.3. The van der Waals surface area contributed by atoms with Crippen LogP contribution in [0.2, 0.25) is 0 Å². The van der Waals surface area contributed by atoms with Gasteiger partial charge in [-0.05, 0) is 51.3 Å². The van der Waals surface area contributed by atoms with Crippen LogP contribution in [0.5, 0.6) is 0 Å². The Balaban J connectivity index is 0.000000331. The van der Waals surface area contributed by atoms with Gasteiger partial charge in [-0.25, -0.2) is 0 Å². The Morgan fingerprint density at radius 1 is 0.895 bits per heavy atom. The van der Waals surface area contributed by atoms with E-state index in [1.165, 1.54) is 28.2 Å². The number of allylic oxidation sites excluding steroid dienone is 8. The molecule has 0 N–H and O–H groups in total. The van der Waals surface area contributed by atoms with Crippen LogP contribution in [0, 0.1) is 5.92 Å². The monoisotopic (exact) mass is 438 g/mol. The van der Waals surface area contributed by atoms with E-state index < -0.39 is 0 Å². The average molecular weight is 438 g/mol. The zero-order valence-electron chi connectivity index (χ0n) is 12.9. The van der Waals surface area contributed by atoms with Crippen molar-refractivity contribution in [3.63, 3.8) is 0 Å². The molecule has 0 unspecified atom stereocenters. The van der Waals surface area contributed by atoms with Gasteiger partial charge in [0.25, 0.3) is 0 Å². The van der Waals surface area contributed by atoms with Crippen LogP contribution in [0.4, 0.5) is 0 Å². The molecule has 0 atom stereocenters. The van der Waals surface area contributed by atoms with Crippen molar-refractivity contribution >= 4 is 0 Å². The Hall–Kier alpha value is -0.591. The summed E-state index contributed by atoms with van der Waals surface area (Å²) in [6, 6.07) is 0. The third kappa shape index (κ3) is 4.78. The van der Waals surface area contributed by atoms with Crippen molar-refractivity contribution in [1.82, 2.24) is 0 Å². The van der Waals surface area contributed by atoms with Crippen molar-refractivity contribution in [2.45, 2.75) is 47.5 Å². The SMILES string of the molecule is COC1=CC=CCC1.C[C]1C(C)=C(C)C(C)=C1C.[Ir]. The summed E-state index contributed by atoms with van der Waals surface area (Å²) in [7, 11) is 1.71. The molecule has 1 nitrogen and oxygen atoms in total. The van der Waals surface area contributed by atoms with E-state index in [1.54, 1.807) is 7.11 Å². The molecular weight excluding hydrogens is 412 g/mol. The quantitative estimate of drug-likeness (QED) is 0.553. The Bertz CT molecular complexity index is 401. The Kier molecular flexibility index (Phi) is 8.29. The minimum atomic E-state index is 0. The first-order chi connectivity index (χ1) is 8.49. The predicted molar refractivity (Wildman–Crippen MR) is 79.1 cm³/mol. The van der Waals surface area contributed by atoms with Crippen molar-refractivity contribution in [2.24, 2.45) is 0 Å². The average Bonchev–Trinajstić information content (AvgIpc) is 2.59. The van der Waals surface area contributed by atoms with Crippen LogP contribution in [0.25, 0.3) is 0 Å². The van der Waals surface area contributed by atoms with Gasteiger partial charge in [-0.1, -0.05) is 30.2 Å². The van der Waals surface area contributed by atoms with Gasteiger partial charge in [-0.3, -0.25) is 0 Å². The predicted octanol–water partition coefficient (Wildman–Crippen LogP) is 5.13. The first-order valence-corrected chi connectivity index (χ1v) is 6.58. The zero-order chi connectivity index (χ0) is 13.7. The Labute approximate surface area is 131 Å². The largest absolute Gasteiger partial charge is 0.501 e. The van der Waals surface area contributed by atoms with Crippen molar-refractivity contribution in [2.75, 3.05) is 7.11 Å². The fourth-order valence-electron chi connectivity index (χ4n) is 2.16. The summed E-state index contributed by atoms with van der Waals surface area (Å²) in [5.74, 6) is 2.56. The number of ether oxygens (including phenoxy) is 1. The van der Waals surface area contributed by atoms with E-state index in [2.05, 4.69) is 40.7 Å². The molecule has 0 bridgehead atoms. The summed E-state index contributed by atoms with van der Waals surface area (Å²) < 4.78 is 5.00. The van der Waals surface area contributed by atoms with Gasteiger partial charge in [0.05, 0.1) is 12.9 Å². The second kappa shape index (κ2) is 8.55. The first kappa shape index (κ1) is 18.4. The molecular formula is C17H25IrO. The van der Waals surface area contributed by atoms with Crippen LogP contribution < -0.4 is 0 Å². The molecule has 2 aliphatic rings. The topological polar surface area (TPSA) is 9.23 Å². The second-order valence-electron chi connectivity index (χ2n) is 4.93. The smallest absolute Gasteiger partial charge is 0.0958 e. The molecule has 0 aliphatic heterocycles. The van der Waals surface area contributed by atoms with Gasteiger partial charge in [0, 0.05) is 32.4 Å². The van der Waals surface area contributed by atoms with Gasteiger partial charge in [-0.15, -0.1) is 0 Å². The van der Waals surface area contributed by atoms with E-state index in [4.69, 9.17) is 4.74 Å². The number of methoxy groups -OCH3 is 1. The summed E-state index contributed by atoms with van der Waals surface area (Å²) in [6.07, 6.45) is 8.36. The summed E-state index contributed by atoms with van der Waals surface area (Å²) in [5.41, 5.74) is 5.87. The molecule has 2 heteroatoms. The fourth-order valence-corrected chi connectivity index (χ4v) is 2.16. The van der Waals surface area contributed by atoms with E-state index in [1.807, 2.05) is 12.2 Å². The number of hydrogen-bond acceptors (Lipinski definition) is 1. The van der Waals surface area contributed by atoms with Crippen molar-refractivity contribution in [3.8, 4) is 0 Å². The Morgan fingerprint density at radius 2 is 1.42 bits per heavy atom. The standard InChI is InChI=1S/C10H15.C7H10O.Ir/c1-6-7(2)9(4)10(5)8(6)3;1-8-7-5-3-2-4-6-7;/h1-5H3;2-3,5H,4,6H2,1H3;. The van der Waals surface area contributed by atoms with Crippen LogP contribution in [0.1, 0.15) is 47.5 Å². The molecule has 2 aliphatic carbocycles. The van der Waals surface area contributed by atoms with Crippen molar-refractivity contribution in [1.29, 1.82) is 0 Å². The maximum atomic E-state index is 5.00. The van der Waals surface area contributed by atoms with Crippen LogP contribution in [-0.2, 0) is 24.8 Å². The van der Waals surface area contributed by atoms with Crippen molar-refractivity contribution in [3.05, 3.63) is 52.2 Å². The molecule has 0 aromatic rings. The van der Waals surface area contributed by atoms with E-state index in [0.29, 0.717) is 0 Å². The van der Waals surface area contributed by atoms with Crippen LogP contribution >= 0.6 is 0 Å². The molecule has 0 saturated carbocycles. The minimum absolute atomic E-state index is 0. The molecule has 19 heavy (non-hydrogen) atoms.